The van der Waals surface area contributed by atoms with Crippen molar-refractivity contribution in [2.24, 2.45) is 5.84 Å². The van der Waals surface area contributed by atoms with Gasteiger partial charge in [-0.25, -0.2) is 5.43 Å². The lowest BCUT2D eigenvalue weighted by atomic mass is 9.75. The summed E-state index contributed by atoms with van der Waals surface area (Å²) in [6.07, 6.45) is 4.18. The third-order valence-electron chi connectivity index (χ3n) is 4.32. The molecule has 3 rings (SSSR count). The van der Waals surface area contributed by atoms with Gasteiger partial charge in [0.2, 0.25) is 0 Å². The molecule has 1 atom stereocenters. The molecule has 0 amide bonds. The Hall–Kier alpha value is -1.07. The first-order valence-electron chi connectivity index (χ1n) is 6.86. The number of benzene rings is 1. The first-order valence-corrected chi connectivity index (χ1v) is 7.24. The van der Waals surface area contributed by atoms with Crippen LogP contribution in [0, 0.1) is 0 Å². The smallest absolute Gasteiger partial charge is 0.134 e. The zero-order valence-electron chi connectivity index (χ0n) is 11.5. The standard InChI is InChI=1S/C15H19ClN2O2/c1-19-15(5-2-6-15)9-12(18-17)14-8-10-7-11(16)3-4-13(10)20-14/h3-4,7-8,12,18H,2,5-6,9,17H2,1H3. The van der Waals surface area contributed by atoms with Gasteiger partial charge in [-0.05, 0) is 43.5 Å². The molecular formula is C15H19ClN2O2. The van der Waals surface area contributed by atoms with Gasteiger partial charge in [0, 0.05) is 23.9 Å². The van der Waals surface area contributed by atoms with Gasteiger partial charge in [0.25, 0.3) is 0 Å². The normalized spacial score (nSPS) is 18.9. The van der Waals surface area contributed by atoms with E-state index in [4.69, 9.17) is 26.6 Å². The fraction of sp³-hybridized carbons (Fsp3) is 0.467. The van der Waals surface area contributed by atoms with Gasteiger partial charge in [-0.2, -0.15) is 0 Å². The third kappa shape index (κ3) is 2.44. The van der Waals surface area contributed by atoms with Crippen molar-refractivity contribution in [1.29, 1.82) is 0 Å². The average molecular weight is 295 g/mol. The number of hydrogen-bond acceptors (Lipinski definition) is 4. The molecule has 0 bridgehead atoms. The molecule has 4 nitrogen and oxygen atoms in total. The lowest BCUT2D eigenvalue weighted by molar-refractivity contribution is -0.0848. The summed E-state index contributed by atoms with van der Waals surface area (Å²) < 4.78 is 11.5. The van der Waals surface area contributed by atoms with Gasteiger partial charge in [0.05, 0.1) is 11.6 Å². The lowest BCUT2D eigenvalue weighted by Crippen LogP contribution is -2.44. The second-order valence-corrected chi connectivity index (χ2v) is 5.93. The van der Waals surface area contributed by atoms with Crippen molar-refractivity contribution >= 4 is 22.6 Å². The zero-order valence-corrected chi connectivity index (χ0v) is 12.2. The van der Waals surface area contributed by atoms with Crippen LogP contribution in [0.25, 0.3) is 11.0 Å². The number of nitrogens with one attached hydrogen (secondary N) is 1. The van der Waals surface area contributed by atoms with Crippen LogP contribution in [0.5, 0.6) is 0 Å². The Morgan fingerprint density at radius 2 is 2.25 bits per heavy atom. The monoisotopic (exact) mass is 294 g/mol. The molecule has 1 fully saturated rings. The van der Waals surface area contributed by atoms with E-state index in [1.165, 1.54) is 6.42 Å². The van der Waals surface area contributed by atoms with Crippen LogP contribution in [0.15, 0.2) is 28.7 Å². The predicted octanol–water partition coefficient (Wildman–Crippen LogP) is 3.55. The number of methoxy groups -OCH3 is 1. The number of rotatable bonds is 5. The number of nitrogens with two attached hydrogens (primary N) is 1. The van der Waals surface area contributed by atoms with Crippen LogP contribution >= 0.6 is 11.6 Å². The molecule has 20 heavy (non-hydrogen) atoms. The summed E-state index contributed by atoms with van der Waals surface area (Å²) in [5, 5.41) is 1.70. The van der Waals surface area contributed by atoms with Gasteiger partial charge < -0.3 is 9.15 Å². The van der Waals surface area contributed by atoms with Crippen LogP contribution in [-0.4, -0.2) is 12.7 Å². The Morgan fingerprint density at radius 1 is 1.45 bits per heavy atom. The second kappa shape index (κ2) is 5.37. The number of hydrazine groups is 1. The van der Waals surface area contributed by atoms with Crippen LogP contribution in [0.4, 0.5) is 0 Å². The molecule has 0 spiro atoms. The minimum atomic E-state index is -0.0618. The molecule has 5 heteroatoms. The molecule has 108 valence electrons. The topological polar surface area (TPSA) is 60.4 Å². The van der Waals surface area contributed by atoms with Crippen molar-refractivity contribution in [2.75, 3.05) is 7.11 Å². The zero-order chi connectivity index (χ0) is 14.2. The van der Waals surface area contributed by atoms with Crippen LogP contribution in [0.2, 0.25) is 5.02 Å². The number of ether oxygens (including phenoxy) is 1. The van der Waals surface area contributed by atoms with Gasteiger partial charge in [0.1, 0.15) is 11.3 Å². The number of furan rings is 1. The Bertz CT molecular complexity index is 601. The highest BCUT2D eigenvalue weighted by atomic mass is 35.5. The van der Waals surface area contributed by atoms with Crippen molar-refractivity contribution in [3.63, 3.8) is 0 Å². The van der Waals surface area contributed by atoms with E-state index in [1.807, 2.05) is 24.3 Å². The highest BCUT2D eigenvalue weighted by Gasteiger charge is 2.39. The van der Waals surface area contributed by atoms with Crippen LogP contribution < -0.4 is 11.3 Å². The minimum Gasteiger partial charge on any atom is -0.459 e. The molecule has 1 aromatic heterocycles. The van der Waals surface area contributed by atoms with E-state index in [0.717, 1.165) is 36.0 Å². The van der Waals surface area contributed by atoms with Crippen molar-refractivity contribution < 1.29 is 9.15 Å². The molecule has 3 N–H and O–H groups in total. The Labute approximate surface area is 123 Å². The van der Waals surface area contributed by atoms with Gasteiger partial charge in [-0.3, -0.25) is 5.84 Å². The number of hydrogen-bond donors (Lipinski definition) is 2. The fourth-order valence-corrected chi connectivity index (χ4v) is 3.06. The first-order chi connectivity index (χ1) is 9.65. The maximum absolute atomic E-state index is 6.00. The second-order valence-electron chi connectivity index (χ2n) is 5.49. The molecule has 1 aliphatic carbocycles. The average Bonchev–Trinajstić information content (AvgIpc) is 2.81. The summed E-state index contributed by atoms with van der Waals surface area (Å²) in [5.74, 6) is 6.53. The lowest BCUT2D eigenvalue weighted by Gasteiger charge is -2.42. The van der Waals surface area contributed by atoms with Crippen molar-refractivity contribution in [1.82, 2.24) is 5.43 Å². The first kappa shape index (κ1) is 13.9. The van der Waals surface area contributed by atoms with Crippen LogP contribution in [0.3, 0.4) is 0 Å². The predicted molar refractivity (Wildman–Crippen MR) is 79.5 cm³/mol. The van der Waals surface area contributed by atoms with Gasteiger partial charge in [-0.1, -0.05) is 11.6 Å². The van der Waals surface area contributed by atoms with E-state index in [2.05, 4.69) is 5.43 Å². The summed E-state index contributed by atoms with van der Waals surface area (Å²) in [7, 11) is 1.77. The molecule has 1 aromatic carbocycles. The molecule has 0 aliphatic heterocycles. The SMILES string of the molecule is COC1(CC(NN)c2cc3cc(Cl)ccc3o2)CCC1. The van der Waals surface area contributed by atoms with Crippen LogP contribution in [0.1, 0.15) is 37.5 Å². The Kier molecular flexibility index (Phi) is 3.73. The van der Waals surface area contributed by atoms with Crippen molar-refractivity contribution in [2.45, 2.75) is 37.3 Å². The quantitative estimate of drug-likeness (QED) is 0.654. The molecule has 0 radical (unpaired) electrons. The maximum atomic E-state index is 6.00. The molecule has 0 saturated heterocycles. The molecule has 1 saturated carbocycles. The number of halogens is 1. The summed E-state index contributed by atoms with van der Waals surface area (Å²) in [6, 6.07) is 7.54. The van der Waals surface area contributed by atoms with E-state index < -0.39 is 0 Å². The summed E-state index contributed by atoms with van der Waals surface area (Å²) in [4.78, 5) is 0. The van der Waals surface area contributed by atoms with E-state index >= 15 is 0 Å². The molecule has 1 unspecified atom stereocenters. The van der Waals surface area contributed by atoms with Crippen LogP contribution in [-0.2, 0) is 4.74 Å². The summed E-state index contributed by atoms with van der Waals surface area (Å²) in [6.45, 7) is 0. The largest absolute Gasteiger partial charge is 0.459 e. The Balaban J connectivity index is 1.87. The van der Waals surface area contributed by atoms with Gasteiger partial charge >= 0.3 is 0 Å². The molecular weight excluding hydrogens is 276 g/mol. The molecule has 2 aromatic rings. The van der Waals surface area contributed by atoms with E-state index in [9.17, 15) is 0 Å². The molecule has 1 heterocycles. The summed E-state index contributed by atoms with van der Waals surface area (Å²) >= 11 is 6.00. The van der Waals surface area contributed by atoms with Gasteiger partial charge in [-0.15, -0.1) is 0 Å². The van der Waals surface area contributed by atoms with Crippen molar-refractivity contribution in [3.05, 3.63) is 35.0 Å². The van der Waals surface area contributed by atoms with E-state index in [1.54, 1.807) is 7.11 Å². The van der Waals surface area contributed by atoms with Crippen molar-refractivity contribution in [3.8, 4) is 0 Å². The number of fused-ring (bicyclic) bond motifs is 1. The third-order valence-corrected chi connectivity index (χ3v) is 4.55. The minimum absolute atomic E-state index is 0.0542. The highest BCUT2D eigenvalue weighted by molar-refractivity contribution is 6.31. The fourth-order valence-electron chi connectivity index (χ4n) is 2.88. The maximum Gasteiger partial charge on any atom is 0.134 e. The highest BCUT2D eigenvalue weighted by Crippen LogP contribution is 2.42. The van der Waals surface area contributed by atoms with Gasteiger partial charge in [0.15, 0.2) is 0 Å². The molecule has 1 aliphatic rings. The summed E-state index contributed by atoms with van der Waals surface area (Å²) in [5.41, 5.74) is 3.61. The Morgan fingerprint density at radius 3 is 2.85 bits per heavy atom. The van der Waals surface area contributed by atoms with E-state index in [-0.39, 0.29) is 11.6 Å². The van der Waals surface area contributed by atoms with E-state index in [0.29, 0.717) is 5.02 Å².